The molecule has 0 spiro atoms. The van der Waals surface area contributed by atoms with Gasteiger partial charge in [0.25, 0.3) is 0 Å². The second-order valence-electron chi connectivity index (χ2n) is 4.82. The quantitative estimate of drug-likeness (QED) is 0.833. The Hall–Kier alpha value is -1.32. The fourth-order valence-electron chi connectivity index (χ4n) is 1.68. The molecule has 0 aliphatic rings. The van der Waals surface area contributed by atoms with E-state index in [-0.39, 0.29) is 5.92 Å². The van der Waals surface area contributed by atoms with Crippen molar-refractivity contribution in [3.05, 3.63) is 18.0 Å². The van der Waals surface area contributed by atoms with Gasteiger partial charge in [-0.1, -0.05) is 13.8 Å². The standard InChI is InChI=1S/C12H20N2O2/c1-9(2)12(3,11(15)16)7-5-10-6-8-13-14(10)4/h6,8-9H,5,7H2,1-4H3,(H,15,16). The van der Waals surface area contributed by atoms with Crippen molar-refractivity contribution in [2.24, 2.45) is 18.4 Å². The third kappa shape index (κ3) is 2.43. The molecule has 0 aliphatic carbocycles. The molecule has 1 unspecified atom stereocenters. The Balaban J connectivity index is 2.72. The number of hydrogen-bond acceptors (Lipinski definition) is 2. The molecule has 4 heteroatoms. The van der Waals surface area contributed by atoms with Crippen molar-refractivity contribution >= 4 is 5.97 Å². The summed E-state index contributed by atoms with van der Waals surface area (Å²) in [5.41, 5.74) is 0.415. The van der Waals surface area contributed by atoms with Crippen LogP contribution in [0.3, 0.4) is 0 Å². The highest BCUT2D eigenvalue weighted by Gasteiger charge is 2.36. The van der Waals surface area contributed by atoms with Crippen molar-refractivity contribution in [2.45, 2.75) is 33.6 Å². The van der Waals surface area contributed by atoms with E-state index in [2.05, 4.69) is 5.10 Å². The van der Waals surface area contributed by atoms with Crippen molar-refractivity contribution in [1.82, 2.24) is 9.78 Å². The maximum atomic E-state index is 11.3. The van der Waals surface area contributed by atoms with E-state index in [9.17, 15) is 9.90 Å². The van der Waals surface area contributed by atoms with Crippen LogP contribution >= 0.6 is 0 Å². The minimum absolute atomic E-state index is 0.123. The monoisotopic (exact) mass is 224 g/mol. The van der Waals surface area contributed by atoms with Crippen LogP contribution in [0, 0.1) is 11.3 Å². The van der Waals surface area contributed by atoms with Crippen molar-refractivity contribution in [3.63, 3.8) is 0 Å². The number of carboxylic acid groups (broad SMARTS) is 1. The lowest BCUT2D eigenvalue weighted by atomic mass is 9.75. The van der Waals surface area contributed by atoms with Crippen LogP contribution in [0.25, 0.3) is 0 Å². The first-order valence-electron chi connectivity index (χ1n) is 5.58. The second-order valence-corrected chi connectivity index (χ2v) is 4.82. The highest BCUT2D eigenvalue weighted by Crippen LogP contribution is 2.32. The Morgan fingerprint density at radius 2 is 2.25 bits per heavy atom. The van der Waals surface area contributed by atoms with Gasteiger partial charge >= 0.3 is 5.97 Å². The molecular weight excluding hydrogens is 204 g/mol. The summed E-state index contributed by atoms with van der Waals surface area (Å²) >= 11 is 0. The van der Waals surface area contributed by atoms with Gasteiger partial charge in [0.1, 0.15) is 0 Å². The highest BCUT2D eigenvalue weighted by molar-refractivity contribution is 5.74. The van der Waals surface area contributed by atoms with Crippen molar-refractivity contribution in [2.75, 3.05) is 0 Å². The molecule has 0 aromatic carbocycles. The number of carboxylic acids is 1. The lowest BCUT2D eigenvalue weighted by Gasteiger charge is -2.28. The van der Waals surface area contributed by atoms with E-state index in [1.165, 1.54) is 0 Å². The lowest BCUT2D eigenvalue weighted by molar-refractivity contribution is -0.151. The van der Waals surface area contributed by atoms with E-state index in [0.717, 1.165) is 12.1 Å². The maximum absolute atomic E-state index is 11.3. The zero-order valence-electron chi connectivity index (χ0n) is 10.4. The molecule has 0 aliphatic heterocycles. The first-order chi connectivity index (χ1) is 7.38. The Kier molecular flexibility index (Phi) is 3.73. The predicted octanol–water partition coefficient (Wildman–Crippen LogP) is 2.10. The van der Waals surface area contributed by atoms with Gasteiger partial charge in [-0.15, -0.1) is 0 Å². The van der Waals surface area contributed by atoms with Gasteiger partial charge in [0.2, 0.25) is 0 Å². The largest absolute Gasteiger partial charge is 0.481 e. The van der Waals surface area contributed by atoms with Gasteiger partial charge in [0.15, 0.2) is 0 Å². The molecule has 1 N–H and O–H groups in total. The summed E-state index contributed by atoms with van der Waals surface area (Å²) in [6, 6.07) is 1.93. The molecule has 1 aromatic rings. The fourth-order valence-corrected chi connectivity index (χ4v) is 1.68. The number of hydrogen-bond donors (Lipinski definition) is 1. The van der Waals surface area contributed by atoms with Crippen LogP contribution in [0.4, 0.5) is 0 Å². The average Bonchev–Trinajstić information content (AvgIpc) is 2.59. The van der Waals surface area contributed by atoms with Gasteiger partial charge in [-0.05, 0) is 31.7 Å². The highest BCUT2D eigenvalue weighted by atomic mass is 16.4. The minimum Gasteiger partial charge on any atom is -0.481 e. The van der Waals surface area contributed by atoms with Gasteiger partial charge in [-0.3, -0.25) is 9.48 Å². The normalized spacial score (nSPS) is 15.1. The number of aromatic nitrogens is 2. The Morgan fingerprint density at radius 1 is 1.62 bits per heavy atom. The topological polar surface area (TPSA) is 55.1 Å². The summed E-state index contributed by atoms with van der Waals surface area (Å²) in [5.74, 6) is -0.595. The predicted molar refractivity (Wildman–Crippen MR) is 62.1 cm³/mol. The summed E-state index contributed by atoms with van der Waals surface area (Å²) in [6.45, 7) is 5.73. The smallest absolute Gasteiger partial charge is 0.309 e. The summed E-state index contributed by atoms with van der Waals surface area (Å²) in [5, 5.41) is 13.4. The molecule has 0 saturated carbocycles. The van der Waals surface area contributed by atoms with Crippen molar-refractivity contribution < 1.29 is 9.90 Å². The van der Waals surface area contributed by atoms with E-state index < -0.39 is 11.4 Å². The Labute approximate surface area is 96.3 Å². The molecule has 0 bridgehead atoms. The van der Waals surface area contributed by atoms with Crippen LogP contribution in [0.1, 0.15) is 32.9 Å². The summed E-state index contributed by atoms with van der Waals surface area (Å²) < 4.78 is 1.79. The van der Waals surface area contributed by atoms with E-state index in [4.69, 9.17) is 0 Å². The zero-order valence-corrected chi connectivity index (χ0v) is 10.4. The summed E-state index contributed by atoms with van der Waals surface area (Å²) in [4.78, 5) is 11.3. The summed E-state index contributed by atoms with van der Waals surface area (Å²) in [7, 11) is 1.88. The molecular formula is C12H20N2O2. The molecule has 90 valence electrons. The number of rotatable bonds is 5. The molecule has 0 saturated heterocycles. The number of carbonyl (C=O) groups is 1. The first kappa shape index (κ1) is 12.7. The van der Waals surface area contributed by atoms with Crippen LogP contribution in [0.2, 0.25) is 0 Å². The SMILES string of the molecule is CC(C)C(C)(CCc1ccnn1C)C(=O)O. The molecule has 0 fully saturated rings. The third-order valence-corrected chi connectivity index (χ3v) is 3.59. The van der Waals surface area contributed by atoms with E-state index in [0.29, 0.717) is 6.42 Å². The lowest BCUT2D eigenvalue weighted by Crippen LogP contribution is -2.33. The van der Waals surface area contributed by atoms with Gasteiger partial charge < -0.3 is 5.11 Å². The number of aliphatic carboxylic acids is 1. The molecule has 16 heavy (non-hydrogen) atoms. The number of aryl methyl sites for hydroxylation is 2. The summed E-state index contributed by atoms with van der Waals surface area (Å²) in [6.07, 6.45) is 3.12. The molecule has 1 heterocycles. The van der Waals surface area contributed by atoms with Crippen LogP contribution in [0.5, 0.6) is 0 Å². The van der Waals surface area contributed by atoms with Crippen molar-refractivity contribution in [3.8, 4) is 0 Å². The van der Waals surface area contributed by atoms with Crippen LogP contribution in [-0.2, 0) is 18.3 Å². The minimum atomic E-state index is -0.718. The van der Waals surface area contributed by atoms with Gasteiger partial charge in [0.05, 0.1) is 5.41 Å². The van der Waals surface area contributed by atoms with Crippen molar-refractivity contribution in [1.29, 1.82) is 0 Å². The average molecular weight is 224 g/mol. The maximum Gasteiger partial charge on any atom is 0.309 e. The molecule has 1 aromatic heterocycles. The second kappa shape index (κ2) is 4.68. The van der Waals surface area contributed by atoms with Crippen LogP contribution < -0.4 is 0 Å². The van der Waals surface area contributed by atoms with Gasteiger partial charge in [0, 0.05) is 18.9 Å². The van der Waals surface area contributed by atoms with E-state index in [1.54, 1.807) is 10.9 Å². The third-order valence-electron chi connectivity index (χ3n) is 3.59. The van der Waals surface area contributed by atoms with E-state index >= 15 is 0 Å². The van der Waals surface area contributed by atoms with Crippen LogP contribution in [-0.4, -0.2) is 20.9 Å². The molecule has 0 radical (unpaired) electrons. The molecule has 0 amide bonds. The fraction of sp³-hybridized carbons (Fsp3) is 0.667. The van der Waals surface area contributed by atoms with E-state index in [1.807, 2.05) is 33.9 Å². The Morgan fingerprint density at radius 3 is 2.62 bits per heavy atom. The Bertz CT molecular complexity index is 371. The van der Waals surface area contributed by atoms with Gasteiger partial charge in [-0.2, -0.15) is 5.10 Å². The number of nitrogens with zero attached hydrogens (tertiary/aromatic N) is 2. The van der Waals surface area contributed by atoms with Crippen LogP contribution in [0.15, 0.2) is 12.3 Å². The zero-order chi connectivity index (χ0) is 12.3. The molecule has 4 nitrogen and oxygen atoms in total. The molecule has 1 rings (SSSR count). The molecule has 1 atom stereocenters. The first-order valence-corrected chi connectivity index (χ1v) is 5.58. The van der Waals surface area contributed by atoms with Gasteiger partial charge in [-0.25, -0.2) is 0 Å².